The number of fused-ring (bicyclic) bond motifs is 1. The van der Waals surface area contributed by atoms with Gasteiger partial charge < -0.3 is 43.2 Å². The van der Waals surface area contributed by atoms with Gasteiger partial charge in [-0.05, 0) is 30.0 Å². The van der Waals surface area contributed by atoms with E-state index in [2.05, 4.69) is 20.9 Å². The van der Waals surface area contributed by atoms with E-state index in [9.17, 15) is 33.9 Å². The number of para-hydroxylation sites is 1. The second kappa shape index (κ2) is 15.8. The molecule has 44 heavy (non-hydrogen) atoms. The Labute approximate surface area is 253 Å². The average molecular weight is 608 g/mol. The molecule has 2 aromatic carbocycles. The summed E-state index contributed by atoms with van der Waals surface area (Å²) in [6, 6.07) is 11.0. The molecular formula is C30H37N7O7. The third-order valence-corrected chi connectivity index (χ3v) is 6.98. The summed E-state index contributed by atoms with van der Waals surface area (Å²) in [7, 11) is 0. The number of aliphatic carboxylic acids is 1. The number of hydrogen-bond acceptors (Lipinski definition) is 7. The third-order valence-electron chi connectivity index (χ3n) is 6.98. The fourth-order valence-corrected chi connectivity index (χ4v) is 4.59. The number of aromatic nitrogens is 1. The van der Waals surface area contributed by atoms with Crippen LogP contribution >= 0.6 is 0 Å². The van der Waals surface area contributed by atoms with E-state index in [4.69, 9.17) is 17.2 Å². The number of nitrogens with two attached hydrogens (primary N) is 3. The monoisotopic (exact) mass is 607 g/mol. The lowest BCUT2D eigenvalue weighted by Gasteiger charge is -2.25. The zero-order valence-corrected chi connectivity index (χ0v) is 24.0. The van der Waals surface area contributed by atoms with Crippen molar-refractivity contribution in [2.75, 3.05) is 0 Å². The van der Waals surface area contributed by atoms with Gasteiger partial charge in [0.15, 0.2) is 0 Å². The first kappa shape index (κ1) is 33.3. The largest absolute Gasteiger partial charge is 0.480 e. The van der Waals surface area contributed by atoms with E-state index in [-0.39, 0.29) is 38.5 Å². The first-order valence-corrected chi connectivity index (χ1v) is 14.0. The zero-order chi connectivity index (χ0) is 32.2. The molecule has 0 aliphatic heterocycles. The Morgan fingerprint density at radius 2 is 1.27 bits per heavy atom. The number of nitrogens with one attached hydrogen (secondary N) is 4. The Balaban J connectivity index is 1.85. The Morgan fingerprint density at radius 3 is 1.93 bits per heavy atom. The molecule has 0 spiro atoms. The number of carbonyl (C=O) groups is 6. The summed E-state index contributed by atoms with van der Waals surface area (Å²) < 4.78 is 0. The first-order chi connectivity index (χ1) is 20.9. The average Bonchev–Trinajstić information content (AvgIpc) is 3.40. The summed E-state index contributed by atoms with van der Waals surface area (Å²) in [6.07, 6.45) is 0.932. The van der Waals surface area contributed by atoms with Gasteiger partial charge in [-0.3, -0.25) is 24.0 Å². The number of hydrogen-bond donors (Lipinski definition) is 8. The SMILES string of the molecule is NC(=O)CCC(N)C(=O)NC(CCC(N)=O)C(=O)NC(Cc1c[nH]c2ccccc12)C(=O)NC(Cc1ccccc1)C(=O)O. The minimum absolute atomic E-state index is 0.00382. The van der Waals surface area contributed by atoms with Crippen molar-refractivity contribution >= 4 is 46.4 Å². The number of primary amides is 2. The second-order valence-electron chi connectivity index (χ2n) is 10.4. The van der Waals surface area contributed by atoms with Gasteiger partial charge in [0.2, 0.25) is 29.5 Å². The van der Waals surface area contributed by atoms with Gasteiger partial charge in [-0.15, -0.1) is 0 Å². The highest BCUT2D eigenvalue weighted by Crippen LogP contribution is 2.19. The molecule has 0 saturated heterocycles. The van der Waals surface area contributed by atoms with Crippen LogP contribution in [0.4, 0.5) is 0 Å². The molecule has 11 N–H and O–H groups in total. The van der Waals surface area contributed by atoms with Gasteiger partial charge in [0.25, 0.3) is 0 Å². The van der Waals surface area contributed by atoms with Gasteiger partial charge in [0, 0.05) is 42.8 Å². The van der Waals surface area contributed by atoms with E-state index in [1.54, 1.807) is 36.5 Å². The Hall–Kier alpha value is -5.24. The molecule has 1 heterocycles. The van der Waals surface area contributed by atoms with Crippen LogP contribution in [0.1, 0.15) is 36.8 Å². The summed E-state index contributed by atoms with van der Waals surface area (Å²) in [5.74, 6) is -5.03. The predicted molar refractivity (Wildman–Crippen MR) is 160 cm³/mol. The van der Waals surface area contributed by atoms with Gasteiger partial charge in [-0.2, -0.15) is 0 Å². The van der Waals surface area contributed by atoms with E-state index < -0.39 is 59.7 Å². The molecule has 3 rings (SSSR count). The number of carbonyl (C=O) groups excluding carboxylic acids is 5. The number of rotatable bonds is 17. The van der Waals surface area contributed by atoms with Crippen LogP contribution in [0.15, 0.2) is 60.8 Å². The van der Waals surface area contributed by atoms with Crippen LogP contribution in [0.25, 0.3) is 10.9 Å². The van der Waals surface area contributed by atoms with Crippen molar-refractivity contribution in [2.24, 2.45) is 17.2 Å². The Bertz CT molecular complexity index is 1490. The topological polar surface area (TPSA) is 253 Å². The number of carboxylic acids is 1. The summed E-state index contributed by atoms with van der Waals surface area (Å²) in [4.78, 5) is 77.6. The number of amides is 5. The molecular weight excluding hydrogens is 570 g/mol. The number of carboxylic acid groups (broad SMARTS) is 1. The van der Waals surface area contributed by atoms with E-state index >= 15 is 0 Å². The fraction of sp³-hybridized carbons (Fsp3) is 0.333. The van der Waals surface area contributed by atoms with Crippen molar-refractivity contribution < 1.29 is 33.9 Å². The Kier molecular flexibility index (Phi) is 12.0. The van der Waals surface area contributed by atoms with Crippen LogP contribution in [0.3, 0.4) is 0 Å². The number of H-pyrrole nitrogens is 1. The molecule has 5 amide bonds. The van der Waals surface area contributed by atoms with Crippen LogP contribution in [0, 0.1) is 0 Å². The quantitative estimate of drug-likeness (QED) is 0.0976. The predicted octanol–water partition coefficient (Wildman–Crippen LogP) is -0.650. The van der Waals surface area contributed by atoms with Gasteiger partial charge in [0.05, 0.1) is 6.04 Å². The molecule has 4 atom stereocenters. The van der Waals surface area contributed by atoms with E-state index in [1.807, 2.05) is 24.3 Å². The highest BCUT2D eigenvalue weighted by atomic mass is 16.4. The molecule has 0 bridgehead atoms. The summed E-state index contributed by atoms with van der Waals surface area (Å²) in [5, 5.41) is 18.2. The molecule has 0 saturated carbocycles. The minimum atomic E-state index is -1.33. The molecule has 4 unspecified atom stereocenters. The molecule has 0 radical (unpaired) electrons. The molecule has 1 aromatic heterocycles. The molecule has 0 aliphatic carbocycles. The maximum Gasteiger partial charge on any atom is 0.326 e. The lowest BCUT2D eigenvalue weighted by atomic mass is 10.0. The van der Waals surface area contributed by atoms with Gasteiger partial charge >= 0.3 is 5.97 Å². The van der Waals surface area contributed by atoms with E-state index in [1.165, 1.54) is 0 Å². The normalized spacial score (nSPS) is 13.7. The maximum atomic E-state index is 13.6. The molecule has 0 fully saturated rings. The van der Waals surface area contributed by atoms with Crippen molar-refractivity contribution in [2.45, 2.75) is 62.7 Å². The molecule has 14 heteroatoms. The van der Waals surface area contributed by atoms with E-state index in [0.717, 1.165) is 10.9 Å². The third kappa shape index (κ3) is 9.94. The van der Waals surface area contributed by atoms with Crippen molar-refractivity contribution in [3.8, 4) is 0 Å². The van der Waals surface area contributed by atoms with Crippen LogP contribution in [-0.4, -0.2) is 69.8 Å². The lowest BCUT2D eigenvalue weighted by Crippen LogP contribution is -2.58. The van der Waals surface area contributed by atoms with Crippen LogP contribution in [0.5, 0.6) is 0 Å². The van der Waals surface area contributed by atoms with Crippen molar-refractivity contribution in [3.63, 3.8) is 0 Å². The number of benzene rings is 2. The minimum Gasteiger partial charge on any atom is -0.480 e. The summed E-state index contributed by atoms with van der Waals surface area (Å²) >= 11 is 0. The van der Waals surface area contributed by atoms with Crippen LogP contribution < -0.4 is 33.2 Å². The van der Waals surface area contributed by atoms with Crippen molar-refractivity contribution in [1.82, 2.24) is 20.9 Å². The zero-order valence-electron chi connectivity index (χ0n) is 24.0. The summed E-state index contributed by atoms with van der Waals surface area (Å²) in [6.45, 7) is 0. The number of aromatic amines is 1. The van der Waals surface area contributed by atoms with Crippen molar-refractivity contribution in [1.29, 1.82) is 0 Å². The Morgan fingerprint density at radius 1 is 0.705 bits per heavy atom. The maximum absolute atomic E-state index is 13.6. The highest BCUT2D eigenvalue weighted by molar-refractivity contribution is 5.95. The standard InChI is InChI=1S/C30H37N7O7/c31-20(10-12-25(32)38)27(40)35-22(11-13-26(33)39)28(41)36-23(15-18-16-34-21-9-5-4-8-19(18)21)29(42)37-24(30(43)44)14-17-6-2-1-3-7-17/h1-9,16,20,22-24,34H,10-15,31H2,(H2,32,38)(H2,33,39)(H,35,40)(H,36,41)(H,37,42)(H,43,44). The highest BCUT2D eigenvalue weighted by Gasteiger charge is 2.31. The van der Waals surface area contributed by atoms with Gasteiger partial charge in [-0.1, -0.05) is 48.5 Å². The van der Waals surface area contributed by atoms with Crippen molar-refractivity contribution in [3.05, 3.63) is 71.9 Å². The van der Waals surface area contributed by atoms with Gasteiger partial charge in [-0.25, -0.2) is 4.79 Å². The molecule has 0 aliphatic rings. The van der Waals surface area contributed by atoms with Gasteiger partial charge in [0.1, 0.15) is 18.1 Å². The molecule has 234 valence electrons. The smallest absolute Gasteiger partial charge is 0.326 e. The lowest BCUT2D eigenvalue weighted by molar-refractivity contribution is -0.142. The first-order valence-electron chi connectivity index (χ1n) is 14.0. The fourth-order valence-electron chi connectivity index (χ4n) is 4.59. The van der Waals surface area contributed by atoms with Crippen LogP contribution in [0.2, 0.25) is 0 Å². The molecule has 14 nitrogen and oxygen atoms in total. The molecule has 3 aromatic rings. The summed E-state index contributed by atoms with van der Waals surface area (Å²) in [5.41, 5.74) is 18.4. The second-order valence-corrected chi connectivity index (χ2v) is 10.4. The van der Waals surface area contributed by atoms with Crippen LogP contribution in [-0.2, 0) is 41.6 Å². The van der Waals surface area contributed by atoms with E-state index in [0.29, 0.717) is 11.1 Å².